The summed E-state index contributed by atoms with van der Waals surface area (Å²) < 4.78 is 39.4. The predicted molar refractivity (Wildman–Crippen MR) is 150 cm³/mol. The van der Waals surface area contributed by atoms with E-state index >= 15 is 0 Å². The van der Waals surface area contributed by atoms with E-state index < -0.39 is 26.6 Å². The highest BCUT2D eigenvalue weighted by atomic mass is 31.2. The summed E-state index contributed by atoms with van der Waals surface area (Å²) in [4.78, 5) is 43.3. The predicted octanol–water partition coefficient (Wildman–Crippen LogP) is 2.37. The summed E-state index contributed by atoms with van der Waals surface area (Å²) in [5.74, 6) is -1.03. The van der Waals surface area contributed by atoms with Crippen LogP contribution in [-0.4, -0.2) is 52.8 Å². The van der Waals surface area contributed by atoms with Crippen molar-refractivity contribution in [2.75, 3.05) is 24.9 Å². The van der Waals surface area contributed by atoms with Crippen molar-refractivity contribution in [2.45, 2.75) is 13.3 Å². The van der Waals surface area contributed by atoms with Gasteiger partial charge in [0.05, 0.1) is 19.8 Å². The van der Waals surface area contributed by atoms with Crippen LogP contribution in [0.5, 0.6) is 0 Å². The number of aromatic amines is 1. The Morgan fingerprint density at radius 3 is 2.46 bits per heavy atom. The van der Waals surface area contributed by atoms with Gasteiger partial charge in [0.2, 0.25) is 5.52 Å². The zero-order chi connectivity index (χ0) is 29.0. The van der Waals surface area contributed by atoms with Crippen LogP contribution >= 0.6 is 15.1 Å². The van der Waals surface area contributed by atoms with Gasteiger partial charge in [-0.3, -0.25) is 27.8 Å². The van der Waals surface area contributed by atoms with E-state index in [-0.39, 0.29) is 25.9 Å². The maximum Gasteiger partial charge on any atom is 0.339 e. The summed E-state index contributed by atoms with van der Waals surface area (Å²) in [6.45, 7) is -0.132. The fraction of sp³-hybridized carbons (Fsp3) is 0.200. The third-order valence-corrected chi connectivity index (χ3v) is 10.6. The summed E-state index contributed by atoms with van der Waals surface area (Å²) in [5, 5.41) is 0. The van der Waals surface area contributed by atoms with E-state index in [0.29, 0.717) is 17.7 Å². The normalized spacial score (nSPS) is 14.6. The molecule has 0 bridgehead atoms. The third kappa shape index (κ3) is 6.88. The van der Waals surface area contributed by atoms with Crippen LogP contribution in [0, 0.1) is 0 Å². The van der Waals surface area contributed by atoms with Crippen LogP contribution in [0.2, 0.25) is 0 Å². The molecule has 3 heterocycles. The third-order valence-electron chi connectivity index (χ3n) is 6.11. The molecule has 214 valence electrons. The second kappa shape index (κ2) is 11.9. The van der Waals surface area contributed by atoms with Gasteiger partial charge in [-0.2, -0.15) is 0 Å². The minimum atomic E-state index is -4.40. The van der Waals surface area contributed by atoms with Gasteiger partial charge in [0.15, 0.2) is 13.1 Å². The molecular weight excluding hydrogens is 572 g/mol. The number of aromatic nitrogens is 6. The summed E-state index contributed by atoms with van der Waals surface area (Å²) in [5.41, 5.74) is 9.08. The number of rotatable bonds is 12. The lowest BCUT2D eigenvalue weighted by Crippen LogP contribution is -2.35. The van der Waals surface area contributed by atoms with E-state index in [1.807, 2.05) is 54.6 Å². The van der Waals surface area contributed by atoms with Gasteiger partial charge in [-0.05, 0) is 16.7 Å². The molecule has 5 aromatic rings. The van der Waals surface area contributed by atoms with Crippen LogP contribution in [0.15, 0.2) is 84.4 Å². The summed E-state index contributed by atoms with van der Waals surface area (Å²) in [6.07, 6.45) is 5.27. The van der Waals surface area contributed by atoms with Gasteiger partial charge in [-0.1, -0.05) is 59.6 Å². The molecule has 0 aliphatic carbocycles. The van der Waals surface area contributed by atoms with Crippen molar-refractivity contribution in [1.29, 1.82) is 0 Å². The zero-order valence-corrected chi connectivity index (χ0v) is 23.5. The van der Waals surface area contributed by atoms with Crippen molar-refractivity contribution in [3.05, 3.63) is 95.6 Å². The standard InChI is InChI=1S/C25H27N7O7P2/c26-25-28-23-22(24(33)29-25)30(14-19-6-8-21(9-7-19)20-4-2-1-3-5-20)16-31(23)17-38-12-13-39-41(36,37)18-40(34,35)32-11-10-27-15-32/h1-11,15-16H,12-14,17-18H2,(H4-,26,28,29,33,34,35,36,37)/p+1. The number of nitrogen functional groups attached to an aromatic ring is 1. The Morgan fingerprint density at radius 2 is 1.76 bits per heavy atom. The molecule has 0 amide bonds. The molecule has 3 aromatic heterocycles. The van der Waals surface area contributed by atoms with Crippen LogP contribution in [-0.2, 0) is 31.7 Å². The first kappa shape index (κ1) is 28.6. The van der Waals surface area contributed by atoms with Crippen molar-refractivity contribution in [3.8, 4) is 11.1 Å². The SMILES string of the molecule is Nc1nc2c(c(=O)[nH]1)n(Cc1ccc(-c3ccccc3)cc1)c[n+]2COCCOP(=O)(O)CP(=O)(O)n1ccnc1. The van der Waals surface area contributed by atoms with E-state index in [4.69, 9.17) is 15.0 Å². The van der Waals surface area contributed by atoms with Gasteiger partial charge in [0, 0.05) is 12.4 Å². The van der Waals surface area contributed by atoms with Gasteiger partial charge in [0.25, 0.3) is 11.5 Å². The lowest BCUT2D eigenvalue weighted by atomic mass is 10.0. The summed E-state index contributed by atoms with van der Waals surface area (Å²) in [6, 6.07) is 18.0. The highest BCUT2D eigenvalue weighted by Crippen LogP contribution is 2.58. The molecule has 0 saturated carbocycles. The molecule has 0 fully saturated rings. The van der Waals surface area contributed by atoms with Crippen LogP contribution in [0.25, 0.3) is 22.3 Å². The molecule has 16 heteroatoms. The molecule has 2 aromatic carbocycles. The van der Waals surface area contributed by atoms with E-state index in [0.717, 1.165) is 27.4 Å². The van der Waals surface area contributed by atoms with Gasteiger partial charge < -0.3 is 24.8 Å². The maximum atomic E-state index is 12.8. The first-order valence-corrected chi connectivity index (χ1v) is 15.9. The molecule has 0 aliphatic heterocycles. The Bertz CT molecular complexity index is 1790. The van der Waals surface area contributed by atoms with E-state index in [1.54, 1.807) is 15.5 Å². The highest BCUT2D eigenvalue weighted by Gasteiger charge is 2.34. The lowest BCUT2D eigenvalue weighted by Gasteiger charge is -2.16. The average molecular weight is 600 g/mol. The van der Waals surface area contributed by atoms with Crippen molar-refractivity contribution in [2.24, 2.45) is 0 Å². The Kier molecular flexibility index (Phi) is 8.32. The fourth-order valence-corrected chi connectivity index (χ4v) is 7.86. The lowest BCUT2D eigenvalue weighted by molar-refractivity contribution is -0.711. The number of anilines is 1. The summed E-state index contributed by atoms with van der Waals surface area (Å²) in [7, 11) is -8.59. The van der Waals surface area contributed by atoms with E-state index in [2.05, 4.69) is 15.0 Å². The molecule has 5 N–H and O–H groups in total. The van der Waals surface area contributed by atoms with Crippen molar-refractivity contribution < 1.29 is 32.7 Å². The van der Waals surface area contributed by atoms with Gasteiger partial charge in [-0.25, -0.2) is 9.55 Å². The number of hydrogen-bond acceptors (Lipinski definition) is 8. The number of imidazole rings is 2. The number of nitrogens with one attached hydrogen (secondary N) is 1. The molecule has 0 saturated heterocycles. The van der Waals surface area contributed by atoms with Crippen LogP contribution in [0.3, 0.4) is 0 Å². The smallest absolute Gasteiger partial charge is 0.339 e. The zero-order valence-electron chi connectivity index (χ0n) is 21.7. The molecule has 5 rings (SSSR count). The second-order valence-electron chi connectivity index (χ2n) is 9.16. The molecule has 2 unspecified atom stereocenters. The maximum absolute atomic E-state index is 12.8. The number of nitrogens with two attached hydrogens (primary N) is 1. The van der Waals surface area contributed by atoms with Gasteiger partial charge in [-0.15, -0.1) is 0 Å². The minimum absolute atomic E-state index is 0.0582. The van der Waals surface area contributed by atoms with Crippen molar-refractivity contribution >= 4 is 32.2 Å². The first-order chi connectivity index (χ1) is 19.6. The molecule has 41 heavy (non-hydrogen) atoms. The van der Waals surface area contributed by atoms with Crippen LogP contribution < -0.4 is 15.9 Å². The highest BCUT2D eigenvalue weighted by molar-refractivity contribution is 7.72. The molecule has 0 radical (unpaired) electrons. The van der Waals surface area contributed by atoms with Crippen molar-refractivity contribution in [1.82, 2.24) is 23.9 Å². The number of benzene rings is 2. The van der Waals surface area contributed by atoms with Gasteiger partial charge in [0.1, 0.15) is 12.2 Å². The molecular formula is C25H28N7O7P2+. The monoisotopic (exact) mass is 600 g/mol. The first-order valence-electron chi connectivity index (χ1n) is 12.4. The molecule has 0 aliphatic rings. The topological polar surface area (TPSA) is 191 Å². The van der Waals surface area contributed by atoms with Gasteiger partial charge >= 0.3 is 20.8 Å². The largest absolute Gasteiger partial charge is 0.355 e. The summed E-state index contributed by atoms with van der Waals surface area (Å²) >= 11 is 0. The number of H-pyrrole nitrogens is 1. The van der Waals surface area contributed by atoms with Crippen LogP contribution in [0.1, 0.15) is 5.56 Å². The fourth-order valence-electron chi connectivity index (χ4n) is 4.24. The number of fused-ring (bicyclic) bond motifs is 1. The quantitative estimate of drug-likeness (QED) is 0.0939. The Hall–Kier alpha value is -3.90. The number of hydrogen-bond donors (Lipinski definition) is 4. The number of nitrogens with zero attached hydrogens (tertiary/aromatic N) is 5. The average Bonchev–Trinajstić information content (AvgIpc) is 3.59. The Labute approximate surface area is 233 Å². The molecule has 2 atom stereocenters. The number of ether oxygens (including phenoxy) is 1. The van der Waals surface area contributed by atoms with Crippen molar-refractivity contribution in [3.63, 3.8) is 0 Å². The molecule has 0 spiro atoms. The van der Waals surface area contributed by atoms with E-state index in [9.17, 15) is 23.7 Å². The second-order valence-corrected chi connectivity index (χ2v) is 13.6. The van der Waals surface area contributed by atoms with E-state index in [1.165, 1.54) is 12.4 Å². The Balaban J connectivity index is 1.24. The minimum Gasteiger partial charge on any atom is -0.355 e. The Morgan fingerprint density at radius 1 is 1.02 bits per heavy atom. The van der Waals surface area contributed by atoms with Crippen LogP contribution in [0.4, 0.5) is 5.95 Å². The molecule has 14 nitrogen and oxygen atoms in total.